The summed E-state index contributed by atoms with van der Waals surface area (Å²) in [7, 11) is -3.48. The molecule has 0 atom stereocenters. The molecule has 0 fully saturated rings. The van der Waals surface area contributed by atoms with E-state index in [-0.39, 0.29) is 10.8 Å². The molecule has 0 saturated carbocycles. The van der Waals surface area contributed by atoms with Crippen molar-refractivity contribution >= 4 is 15.9 Å². The maximum absolute atomic E-state index is 12.3. The fourth-order valence-corrected chi connectivity index (χ4v) is 3.24. The van der Waals surface area contributed by atoms with Gasteiger partial charge in [-0.25, -0.2) is 8.42 Å². The van der Waals surface area contributed by atoms with E-state index in [0.29, 0.717) is 31.7 Å². The molecule has 20 heavy (non-hydrogen) atoms. The molecule has 0 aliphatic rings. The van der Waals surface area contributed by atoms with Gasteiger partial charge in [-0.05, 0) is 24.3 Å². The van der Waals surface area contributed by atoms with Gasteiger partial charge in [-0.2, -0.15) is 4.31 Å². The van der Waals surface area contributed by atoms with Crippen LogP contribution in [-0.2, 0) is 10.0 Å². The first kappa shape index (κ1) is 16.6. The average molecular weight is 299 g/mol. The average Bonchev–Trinajstić information content (AvgIpc) is 2.46. The molecule has 0 aliphatic carbocycles. The minimum Gasteiger partial charge on any atom is -0.351 e. The molecule has 3 N–H and O–H groups in total. The van der Waals surface area contributed by atoms with Crippen LogP contribution in [0.15, 0.2) is 29.2 Å². The van der Waals surface area contributed by atoms with E-state index in [0.717, 1.165) is 0 Å². The van der Waals surface area contributed by atoms with E-state index < -0.39 is 10.0 Å². The van der Waals surface area contributed by atoms with Crippen molar-refractivity contribution in [2.75, 3.05) is 26.2 Å². The smallest absolute Gasteiger partial charge is 0.251 e. The van der Waals surface area contributed by atoms with Crippen molar-refractivity contribution < 1.29 is 13.2 Å². The predicted octanol–water partition coefficient (Wildman–Crippen LogP) is 0.406. The Bertz CT molecular complexity index is 536. The molecule has 0 saturated heterocycles. The number of carbonyl (C=O) groups is 1. The minimum absolute atomic E-state index is 0.191. The van der Waals surface area contributed by atoms with Gasteiger partial charge in [-0.1, -0.05) is 13.8 Å². The number of rotatable bonds is 7. The van der Waals surface area contributed by atoms with Crippen LogP contribution in [0.2, 0.25) is 0 Å². The van der Waals surface area contributed by atoms with Crippen molar-refractivity contribution in [2.24, 2.45) is 5.73 Å². The van der Waals surface area contributed by atoms with Crippen molar-refractivity contribution in [3.05, 3.63) is 29.8 Å². The molecule has 0 spiro atoms. The number of sulfonamides is 1. The third kappa shape index (κ3) is 3.78. The zero-order chi connectivity index (χ0) is 15.2. The predicted molar refractivity (Wildman–Crippen MR) is 77.9 cm³/mol. The Morgan fingerprint density at radius 2 is 1.75 bits per heavy atom. The van der Waals surface area contributed by atoms with Gasteiger partial charge in [0.15, 0.2) is 0 Å². The highest BCUT2D eigenvalue weighted by Gasteiger charge is 2.21. The van der Waals surface area contributed by atoms with Crippen LogP contribution in [0, 0.1) is 0 Å². The molecular weight excluding hydrogens is 278 g/mol. The first-order valence-electron chi connectivity index (χ1n) is 6.55. The molecule has 1 aromatic rings. The Balaban J connectivity index is 2.94. The number of nitrogens with one attached hydrogen (secondary N) is 1. The van der Waals surface area contributed by atoms with Crippen molar-refractivity contribution in [1.82, 2.24) is 9.62 Å². The normalized spacial score (nSPS) is 11.6. The van der Waals surface area contributed by atoms with E-state index in [1.807, 2.05) is 0 Å². The lowest BCUT2D eigenvalue weighted by Gasteiger charge is -2.18. The van der Waals surface area contributed by atoms with E-state index >= 15 is 0 Å². The van der Waals surface area contributed by atoms with Gasteiger partial charge >= 0.3 is 0 Å². The zero-order valence-electron chi connectivity index (χ0n) is 11.8. The number of hydrogen-bond donors (Lipinski definition) is 2. The van der Waals surface area contributed by atoms with Crippen molar-refractivity contribution in [2.45, 2.75) is 18.7 Å². The lowest BCUT2D eigenvalue weighted by Crippen LogP contribution is -2.31. The molecular formula is C13H21N3O3S. The zero-order valence-corrected chi connectivity index (χ0v) is 12.6. The van der Waals surface area contributed by atoms with Gasteiger partial charge in [0.1, 0.15) is 0 Å². The number of hydrogen-bond acceptors (Lipinski definition) is 4. The van der Waals surface area contributed by atoms with Crippen LogP contribution in [0.25, 0.3) is 0 Å². The lowest BCUT2D eigenvalue weighted by molar-refractivity contribution is 0.0954. The summed E-state index contributed by atoms with van der Waals surface area (Å²) in [5.41, 5.74) is 5.71. The summed E-state index contributed by atoms with van der Waals surface area (Å²) in [6.45, 7) is 5.15. The number of nitrogens with two attached hydrogens (primary N) is 1. The molecule has 0 unspecified atom stereocenters. The van der Waals surface area contributed by atoms with E-state index in [9.17, 15) is 13.2 Å². The highest BCUT2D eigenvalue weighted by molar-refractivity contribution is 7.89. The van der Waals surface area contributed by atoms with Crippen molar-refractivity contribution in [3.63, 3.8) is 0 Å². The molecule has 112 valence electrons. The summed E-state index contributed by atoms with van der Waals surface area (Å²) in [4.78, 5) is 11.9. The third-order valence-electron chi connectivity index (χ3n) is 2.89. The van der Waals surface area contributed by atoms with E-state index in [2.05, 4.69) is 5.32 Å². The first-order chi connectivity index (χ1) is 9.47. The number of nitrogens with zero attached hydrogens (tertiary/aromatic N) is 1. The fourth-order valence-electron chi connectivity index (χ4n) is 1.78. The second kappa shape index (κ2) is 7.37. The minimum atomic E-state index is -3.48. The van der Waals surface area contributed by atoms with Crippen LogP contribution in [0.1, 0.15) is 24.2 Å². The maximum Gasteiger partial charge on any atom is 0.251 e. The van der Waals surface area contributed by atoms with Gasteiger partial charge in [0, 0.05) is 31.7 Å². The van der Waals surface area contributed by atoms with Gasteiger partial charge in [0.2, 0.25) is 10.0 Å². The Morgan fingerprint density at radius 3 is 2.20 bits per heavy atom. The molecule has 6 nitrogen and oxygen atoms in total. The van der Waals surface area contributed by atoms with Crippen LogP contribution in [0.5, 0.6) is 0 Å². The Hall–Kier alpha value is -1.44. The molecule has 1 rings (SSSR count). The second-order valence-corrected chi connectivity index (χ2v) is 6.10. The topological polar surface area (TPSA) is 92.5 Å². The number of carbonyl (C=O) groups excluding carboxylic acids is 1. The summed E-state index contributed by atoms with van der Waals surface area (Å²) in [5.74, 6) is -0.262. The fraction of sp³-hybridized carbons (Fsp3) is 0.462. The Labute approximate surface area is 120 Å². The molecule has 0 aromatic heterocycles. The summed E-state index contributed by atoms with van der Waals surface area (Å²) in [6, 6.07) is 5.90. The SMILES string of the molecule is CCN(CC)S(=O)(=O)c1ccc(C(=O)NCCN)cc1. The summed E-state index contributed by atoms with van der Waals surface area (Å²) >= 11 is 0. The summed E-state index contributed by atoms with van der Waals surface area (Å²) in [6.07, 6.45) is 0. The van der Waals surface area contributed by atoms with Crippen molar-refractivity contribution in [3.8, 4) is 0 Å². The highest BCUT2D eigenvalue weighted by Crippen LogP contribution is 2.16. The van der Waals surface area contributed by atoms with Crippen LogP contribution in [-0.4, -0.2) is 44.8 Å². The van der Waals surface area contributed by atoms with Crippen molar-refractivity contribution in [1.29, 1.82) is 0 Å². The molecule has 0 radical (unpaired) electrons. The summed E-state index contributed by atoms with van der Waals surface area (Å²) in [5, 5.41) is 2.63. The van der Waals surface area contributed by atoms with E-state index in [4.69, 9.17) is 5.73 Å². The van der Waals surface area contributed by atoms with Gasteiger partial charge < -0.3 is 11.1 Å². The molecule has 0 bridgehead atoms. The van der Waals surface area contributed by atoms with Gasteiger partial charge in [0.05, 0.1) is 4.90 Å². The standard InChI is InChI=1S/C13H21N3O3S/c1-3-16(4-2)20(18,19)12-7-5-11(6-8-12)13(17)15-10-9-14/h5-8H,3-4,9-10,14H2,1-2H3,(H,15,17). The Kier molecular flexibility index (Phi) is 6.12. The number of benzene rings is 1. The van der Waals surface area contributed by atoms with Crippen LogP contribution < -0.4 is 11.1 Å². The highest BCUT2D eigenvalue weighted by atomic mass is 32.2. The number of amides is 1. The molecule has 1 amide bonds. The van der Waals surface area contributed by atoms with Crippen LogP contribution in [0.4, 0.5) is 0 Å². The second-order valence-electron chi connectivity index (χ2n) is 4.16. The largest absolute Gasteiger partial charge is 0.351 e. The third-order valence-corrected chi connectivity index (χ3v) is 4.95. The van der Waals surface area contributed by atoms with Gasteiger partial charge in [-0.15, -0.1) is 0 Å². The van der Waals surface area contributed by atoms with E-state index in [1.165, 1.54) is 28.6 Å². The maximum atomic E-state index is 12.3. The quantitative estimate of drug-likeness (QED) is 0.762. The monoisotopic (exact) mass is 299 g/mol. The van der Waals surface area contributed by atoms with Crippen LogP contribution in [0.3, 0.4) is 0 Å². The molecule has 1 aromatic carbocycles. The van der Waals surface area contributed by atoms with Gasteiger partial charge in [-0.3, -0.25) is 4.79 Å². The van der Waals surface area contributed by atoms with E-state index in [1.54, 1.807) is 13.8 Å². The van der Waals surface area contributed by atoms with Gasteiger partial charge in [0.25, 0.3) is 5.91 Å². The molecule has 0 heterocycles. The summed E-state index contributed by atoms with van der Waals surface area (Å²) < 4.78 is 25.9. The van der Waals surface area contributed by atoms with Crippen LogP contribution >= 0.6 is 0 Å². The lowest BCUT2D eigenvalue weighted by atomic mass is 10.2. The first-order valence-corrected chi connectivity index (χ1v) is 7.99. The molecule has 0 aliphatic heterocycles. The Morgan fingerprint density at radius 1 is 1.20 bits per heavy atom. The molecule has 7 heteroatoms.